The first-order valence-electron chi connectivity index (χ1n) is 11.5. The molecule has 2 aliphatic heterocycles. The first-order chi connectivity index (χ1) is 18.5. The number of ether oxygens (including phenoxy) is 6. The summed E-state index contributed by atoms with van der Waals surface area (Å²) in [5.74, 6) is 2.03. The molecular weight excluding hydrogens is 500 g/mol. The van der Waals surface area contributed by atoms with Crippen molar-refractivity contribution < 1.29 is 53.2 Å². The van der Waals surface area contributed by atoms with Crippen molar-refractivity contribution in [2.75, 3.05) is 14.2 Å². The average molecular weight is 524 g/mol. The molecule has 5 rings (SSSR count). The third-order valence-corrected chi connectivity index (χ3v) is 6.60. The summed E-state index contributed by atoms with van der Waals surface area (Å²) >= 11 is 0. The Balaban J connectivity index is 1.56. The minimum atomic E-state index is -0.833. The van der Waals surface area contributed by atoms with Crippen LogP contribution in [0.25, 0.3) is 0 Å². The summed E-state index contributed by atoms with van der Waals surface area (Å²) in [6.45, 7) is 2.48. The fourth-order valence-corrected chi connectivity index (χ4v) is 4.92. The van der Waals surface area contributed by atoms with Gasteiger partial charge in [-0.05, 0) is 53.4 Å². The van der Waals surface area contributed by atoms with Gasteiger partial charge < -0.3 is 33.3 Å². The molecule has 3 aromatic carbocycles. The number of rotatable bonds is 10. The van der Waals surface area contributed by atoms with Gasteiger partial charge in [0, 0.05) is 16.7 Å². The normalized spacial score (nSPS) is 20.8. The monoisotopic (exact) mass is 524 g/mol. The maximum atomic E-state index is 11.5. The van der Waals surface area contributed by atoms with Gasteiger partial charge in [-0.1, -0.05) is 18.2 Å². The second-order valence-electron chi connectivity index (χ2n) is 8.59. The van der Waals surface area contributed by atoms with Gasteiger partial charge in [-0.15, -0.1) is 0 Å². The lowest BCUT2D eigenvalue weighted by molar-refractivity contribution is -0.439. The Morgan fingerprint density at radius 2 is 1.42 bits per heavy atom. The van der Waals surface area contributed by atoms with E-state index in [1.54, 1.807) is 55.5 Å². The summed E-state index contributed by atoms with van der Waals surface area (Å²) < 4.78 is 34.5. The molecule has 0 amide bonds. The molecular formula is C27H24O11. The van der Waals surface area contributed by atoms with Crippen LogP contribution in [0.5, 0.6) is 28.7 Å². The van der Waals surface area contributed by atoms with Crippen molar-refractivity contribution in [2.45, 2.75) is 31.3 Å². The highest BCUT2D eigenvalue weighted by molar-refractivity contribution is 5.59. The zero-order chi connectivity index (χ0) is 26.8. The molecule has 0 saturated carbocycles. The van der Waals surface area contributed by atoms with E-state index >= 15 is 0 Å². The van der Waals surface area contributed by atoms with E-state index in [-0.39, 0.29) is 0 Å². The fraction of sp³-hybridized carbons (Fsp3) is 0.259. The van der Waals surface area contributed by atoms with Gasteiger partial charge in [-0.2, -0.15) is 0 Å². The standard InChI is InChI=1S/C27H24O11/c1-14-9-15(7-8-19(14)37-38-30)22-27(34-13-29)18-10-16(11-21(32-3)25(18)35-22)23-26(33-12-28)17-5-4-6-20(31-2)24(17)36-23/h4-13,22-23,26-27,30H,1-3H3. The molecule has 11 nitrogen and oxygen atoms in total. The minimum Gasteiger partial charge on any atom is -0.493 e. The predicted molar refractivity (Wildman–Crippen MR) is 128 cm³/mol. The number of para-hydroxylation sites is 1. The molecule has 11 heteroatoms. The molecule has 0 spiro atoms. The van der Waals surface area contributed by atoms with Crippen molar-refractivity contribution in [1.29, 1.82) is 0 Å². The van der Waals surface area contributed by atoms with Crippen LogP contribution >= 0.6 is 0 Å². The topological polar surface area (TPSA) is 128 Å². The molecule has 0 fully saturated rings. The summed E-state index contributed by atoms with van der Waals surface area (Å²) in [6.07, 6.45) is -3.04. The molecule has 1 N–H and O–H groups in total. The first kappa shape index (κ1) is 25.2. The zero-order valence-corrected chi connectivity index (χ0v) is 20.6. The Labute approximate surface area is 217 Å². The number of benzene rings is 3. The summed E-state index contributed by atoms with van der Waals surface area (Å²) in [7, 11) is 3.01. The second kappa shape index (κ2) is 10.5. The van der Waals surface area contributed by atoms with Crippen molar-refractivity contribution in [3.63, 3.8) is 0 Å². The molecule has 3 aromatic rings. The van der Waals surface area contributed by atoms with Crippen LogP contribution in [0.2, 0.25) is 0 Å². The van der Waals surface area contributed by atoms with Crippen LogP contribution < -0.4 is 23.8 Å². The van der Waals surface area contributed by atoms with Gasteiger partial charge >= 0.3 is 0 Å². The highest BCUT2D eigenvalue weighted by atomic mass is 17.5. The van der Waals surface area contributed by atoms with E-state index in [0.717, 1.165) is 0 Å². The van der Waals surface area contributed by atoms with Crippen LogP contribution in [0.3, 0.4) is 0 Å². The summed E-state index contributed by atoms with van der Waals surface area (Å²) in [5.41, 5.74) is 3.13. The van der Waals surface area contributed by atoms with E-state index in [9.17, 15) is 9.59 Å². The van der Waals surface area contributed by atoms with Crippen molar-refractivity contribution in [1.82, 2.24) is 0 Å². The van der Waals surface area contributed by atoms with E-state index in [2.05, 4.69) is 5.04 Å². The number of carbonyl (C=O) groups is 2. The van der Waals surface area contributed by atoms with Crippen LogP contribution in [0.4, 0.5) is 0 Å². The lowest BCUT2D eigenvalue weighted by Crippen LogP contribution is -2.14. The summed E-state index contributed by atoms with van der Waals surface area (Å²) in [5, 5.41) is 12.4. The molecule has 38 heavy (non-hydrogen) atoms. The second-order valence-corrected chi connectivity index (χ2v) is 8.59. The van der Waals surface area contributed by atoms with Gasteiger partial charge in [0.25, 0.3) is 12.9 Å². The third-order valence-electron chi connectivity index (χ3n) is 6.60. The molecule has 0 aromatic heterocycles. The molecule has 4 atom stereocenters. The van der Waals surface area contributed by atoms with Gasteiger partial charge in [0.15, 0.2) is 53.2 Å². The largest absolute Gasteiger partial charge is 0.493 e. The minimum absolute atomic E-state index is 0.300. The highest BCUT2D eigenvalue weighted by Gasteiger charge is 2.44. The average Bonchev–Trinajstić information content (AvgIpc) is 3.48. The van der Waals surface area contributed by atoms with E-state index in [4.69, 9.17) is 38.6 Å². The quantitative estimate of drug-likeness (QED) is 0.229. The third kappa shape index (κ3) is 4.21. The van der Waals surface area contributed by atoms with Gasteiger partial charge in [-0.3, -0.25) is 9.59 Å². The molecule has 0 bridgehead atoms. The van der Waals surface area contributed by atoms with Crippen LogP contribution in [0.15, 0.2) is 48.5 Å². The van der Waals surface area contributed by atoms with Gasteiger partial charge in [0.2, 0.25) is 0 Å². The molecule has 198 valence electrons. The summed E-state index contributed by atoms with van der Waals surface area (Å²) in [4.78, 5) is 27.7. The highest BCUT2D eigenvalue weighted by Crippen LogP contribution is 2.55. The number of fused-ring (bicyclic) bond motifs is 2. The smallest absolute Gasteiger partial charge is 0.293 e. The van der Waals surface area contributed by atoms with Crippen molar-refractivity contribution in [2.24, 2.45) is 0 Å². The number of methoxy groups -OCH3 is 2. The maximum absolute atomic E-state index is 11.5. The van der Waals surface area contributed by atoms with Crippen molar-refractivity contribution >= 4 is 12.9 Å². The van der Waals surface area contributed by atoms with E-state index < -0.39 is 24.4 Å². The lowest BCUT2D eigenvalue weighted by atomic mass is 9.94. The van der Waals surface area contributed by atoms with Gasteiger partial charge in [0.1, 0.15) is 0 Å². The first-order valence-corrected chi connectivity index (χ1v) is 11.5. The summed E-state index contributed by atoms with van der Waals surface area (Å²) in [6, 6.07) is 13.9. The number of carbonyl (C=O) groups excluding carboxylic acids is 2. The molecule has 0 radical (unpaired) electrons. The van der Waals surface area contributed by atoms with Crippen LogP contribution in [-0.4, -0.2) is 32.4 Å². The number of hydrogen-bond donors (Lipinski definition) is 1. The Hall–Kier alpha value is -4.48. The van der Waals surface area contributed by atoms with E-state index in [0.29, 0.717) is 69.5 Å². The van der Waals surface area contributed by atoms with Crippen LogP contribution in [0, 0.1) is 6.92 Å². The van der Waals surface area contributed by atoms with Crippen LogP contribution in [-0.2, 0) is 24.1 Å². The Morgan fingerprint density at radius 3 is 2.05 bits per heavy atom. The number of aryl methyl sites for hydroxylation is 1. The zero-order valence-electron chi connectivity index (χ0n) is 20.6. The Bertz CT molecular complexity index is 1360. The van der Waals surface area contributed by atoms with Gasteiger partial charge in [-0.25, -0.2) is 5.26 Å². The fourth-order valence-electron chi connectivity index (χ4n) is 4.92. The predicted octanol–water partition coefficient (Wildman–Crippen LogP) is 4.49. The molecule has 0 aliphatic carbocycles. The van der Waals surface area contributed by atoms with Gasteiger partial charge in [0.05, 0.1) is 14.2 Å². The Morgan fingerprint density at radius 1 is 0.763 bits per heavy atom. The van der Waals surface area contributed by atoms with E-state index in [1.807, 2.05) is 0 Å². The maximum Gasteiger partial charge on any atom is 0.293 e. The van der Waals surface area contributed by atoms with Crippen molar-refractivity contribution in [3.05, 3.63) is 76.3 Å². The molecule has 2 heterocycles. The Kier molecular flexibility index (Phi) is 6.95. The number of hydrogen-bond acceptors (Lipinski definition) is 11. The van der Waals surface area contributed by atoms with Crippen molar-refractivity contribution in [3.8, 4) is 28.7 Å². The molecule has 2 aliphatic rings. The molecule has 4 unspecified atom stereocenters. The lowest BCUT2D eigenvalue weighted by Gasteiger charge is -2.20. The SMILES string of the molecule is COc1cccc2c1OC(c1cc(OC)c3c(c1)C(OC=O)C(c1ccc(OOO)c(C)c1)O3)C2OC=O. The molecule has 0 saturated heterocycles. The van der Waals surface area contributed by atoms with E-state index in [1.165, 1.54) is 14.2 Å². The van der Waals surface area contributed by atoms with Crippen LogP contribution in [0.1, 0.15) is 52.2 Å².